The standard InChI is InChI=1S/C16H25BrFN/c1-11(2)6-5-7-12(3)19-13(4)15-9-8-14(18)10-16(15)17/h8-13,19H,5-7H2,1-4H3. The summed E-state index contributed by atoms with van der Waals surface area (Å²) in [6.45, 7) is 8.86. The Kier molecular flexibility index (Phi) is 7.01. The molecule has 1 N–H and O–H groups in total. The van der Waals surface area contributed by atoms with Gasteiger partial charge in [0, 0.05) is 16.6 Å². The molecular weight excluding hydrogens is 305 g/mol. The third-order valence-corrected chi connectivity index (χ3v) is 4.07. The second-order valence-electron chi connectivity index (χ2n) is 5.78. The normalized spacial score (nSPS) is 14.7. The highest BCUT2D eigenvalue weighted by Crippen LogP contribution is 2.25. The highest BCUT2D eigenvalue weighted by Gasteiger charge is 2.12. The predicted molar refractivity (Wildman–Crippen MR) is 83.8 cm³/mol. The first-order valence-electron chi connectivity index (χ1n) is 7.11. The van der Waals surface area contributed by atoms with Crippen LogP contribution in [0.3, 0.4) is 0 Å². The topological polar surface area (TPSA) is 12.0 Å². The number of halogens is 2. The Bertz CT molecular complexity index is 392. The van der Waals surface area contributed by atoms with Crippen molar-refractivity contribution in [3.8, 4) is 0 Å². The molecule has 0 aliphatic heterocycles. The average molecular weight is 330 g/mol. The minimum Gasteiger partial charge on any atom is -0.308 e. The first kappa shape index (κ1) is 16.6. The average Bonchev–Trinajstić information content (AvgIpc) is 2.27. The van der Waals surface area contributed by atoms with Crippen molar-refractivity contribution in [2.75, 3.05) is 0 Å². The molecule has 0 amide bonds. The summed E-state index contributed by atoms with van der Waals surface area (Å²) in [5, 5.41) is 3.58. The fourth-order valence-corrected chi connectivity index (χ4v) is 2.98. The van der Waals surface area contributed by atoms with Crippen LogP contribution in [-0.4, -0.2) is 6.04 Å². The van der Waals surface area contributed by atoms with E-state index in [0.717, 1.165) is 16.0 Å². The third kappa shape index (κ3) is 6.05. The Morgan fingerprint density at radius 1 is 1.16 bits per heavy atom. The van der Waals surface area contributed by atoms with Crippen molar-refractivity contribution < 1.29 is 4.39 Å². The summed E-state index contributed by atoms with van der Waals surface area (Å²) in [4.78, 5) is 0. The minimum absolute atomic E-state index is 0.201. The first-order chi connectivity index (χ1) is 8.90. The number of nitrogens with one attached hydrogen (secondary N) is 1. The lowest BCUT2D eigenvalue weighted by molar-refractivity contribution is 0.423. The quantitative estimate of drug-likeness (QED) is 0.700. The highest BCUT2D eigenvalue weighted by atomic mass is 79.9. The maximum Gasteiger partial charge on any atom is 0.124 e. The summed E-state index contributed by atoms with van der Waals surface area (Å²) in [6, 6.07) is 5.59. The molecule has 1 rings (SSSR count). The molecule has 1 aromatic carbocycles. The summed E-state index contributed by atoms with van der Waals surface area (Å²) in [5.74, 6) is 0.573. The van der Waals surface area contributed by atoms with Crippen molar-refractivity contribution in [3.63, 3.8) is 0 Å². The van der Waals surface area contributed by atoms with Crippen LogP contribution in [0.15, 0.2) is 22.7 Å². The van der Waals surface area contributed by atoms with Gasteiger partial charge in [-0.15, -0.1) is 0 Å². The summed E-state index contributed by atoms with van der Waals surface area (Å²) in [7, 11) is 0. The Labute approximate surface area is 125 Å². The van der Waals surface area contributed by atoms with Gasteiger partial charge in [0.25, 0.3) is 0 Å². The second-order valence-corrected chi connectivity index (χ2v) is 6.63. The van der Waals surface area contributed by atoms with E-state index in [4.69, 9.17) is 0 Å². The van der Waals surface area contributed by atoms with E-state index in [-0.39, 0.29) is 11.9 Å². The van der Waals surface area contributed by atoms with Gasteiger partial charge in [-0.25, -0.2) is 4.39 Å². The lowest BCUT2D eigenvalue weighted by atomic mass is 10.0. The van der Waals surface area contributed by atoms with Crippen LogP contribution in [0.5, 0.6) is 0 Å². The Hall–Kier alpha value is -0.410. The van der Waals surface area contributed by atoms with Gasteiger partial charge in [-0.05, 0) is 43.9 Å². The van der Waals surface area contributed by atoms with E-state index in [1.165, 1.54) is 31.4 Å². The van der Waals surface area contributed by atoms with Crippen molar-refractivity contribution in [2.24, 2.45) is 5.92 Å². The minimum atomic E-state index is -0.201. The van der Waals surface area contributed by atoms with Crippen LogP contribution in [0, 0.1) is 11.7 Å². The van der Waals surface area contributed by atoms with E-state index < -0.39 is 0 Å². The molecule has 0 aliphatic carbocycles. The van der Waals surface area contributed by atoms with Gasteiger partial charge in [-0.2, -0.15) is 0 Å². The van der Waals surface area contributed by atoms with Crippen molar-refractivity contribution in [1.82, 2.24) is 5.32 Å². The predicted octanol–water partition coefficient (Wildman–Crippen LogP) is 5.45. The molecule has 0 aliphatic rings. The fraction of sp³-hybridized carbons (Fsp3) is 0.625. The van der Waals surface area contributed by atoms with Gasteiger partial charge in [0.05, 0.1) is 0 Å². The molecule has 0 bridgehead atoms. The molecule has 2 unspecified atom stereocenters. The molecule has 0 saturated heterocycles. The third-order valence-electron chi connectivity index (χ3n) is 3.38. The van der Waals surface area contributed by atoms with Gasteiger partial charge in [0.2, 0.25) is 0 Å². The fourth-order valence-electron chi connectivity index (χ4n) is 2.28. The van der Waals surface area contributed by atoms with E-state index in [0.29, 0.717) is 6.04 Å². The summed E-state index contributed by atoms with van der Waals surface area (Å²) >= 11 is 3.43. The Morgan fingerprint density at radius 3 is 2.42 bits per heavy atom. The number of hydrogen-bond acceptors (Lipinski definition) is 1. The molecule has 2 atom stereocenters. The zero-order valence-electron chi connectivity index (χ0n) is 12.3. The number of hydrogen-bond donors (Lipinski definition) is 1. The van der Waals surface area contributed by atoms with Crippen LogP contribution >= 0.6 is 15.9 Å². The number of rotatable bonds is 7. The van der Waals surface area contributed by atoms with E-state index in [9.17, 15) is 4.39 Å². The van der Waals surface area contributed by atoms with Crippen LogP contribution < -0.4 is 5.32 Å². The number of benzene rings is 1. The first-order valence-corrected chi connectivity index (χ1v) is 7.90. The Balaban J connectivity index is 2.47. The zero-order chi connectivity index (χ0) is 14.4. The second kappa shape index (κ2) is 8.01. The summed E-state index contributed by atoms with van der Waals surface area (Å²) < 4.78 is 13.9. The molecule has 19 heavy (non-hydrogen) atoms. The van der Waals surface area contributed by atoms with Crippen LogP contribution in [0.2, 0.25) is 0 Å². The molecular formula is C16H25BrFN. The van der Waals surface area contributed by atoms with E-state index in [1.54, 1.807) is 0 Å². The van der Waals surface area contributed by atoms with Crippen LogP contribution in [0.25, 0.3) is 0 Å². The Morgan fingerprint density at radius 2 is 1.84 bits per heavy atom. The van der Waals surface area contributed by atoms with Gasteiger partial charge in [0.1, 0.15) is 5.82 Å². The SMILES string of the molecule is CC(C)CCCC(C)NC(C)c1ccc(F)cc1Br. The van der Waals surface area contributed by atoms with Gasteiger partial charge in [-0.1, -0.05) is 48.7 Å². The molecule has 0 aromatic heterocycles. The zero-order valence-corrected chi connectivity index (χ0v) is 13.9. The smallest absolute Gasteiger partial charge is 0.124 e. The van der Waals surface area contributed by atoms with E-state index in [1.807, 2.05) is 6.07 Å². The lowest BCUT2D eigenvalue weighted by Gasteiger charge is -2.21. The molecule has 0 heterocycles. The van der Waals surface area contributed by atoms with Gasteiger partial charge in [-0.3, -0.25) is 0 Å². The van der Waals surface area contributed by atoms with Gasteiger partial charge < -0.3 is 5.32 Å². The molecule has 0 fully saturated rings. The largest absolute Gasteiger partial charge is 0.308 e. The van der Waals surface area contributed by atoms with E-state index in [2.05, 4.69) is 48.9 Å². The van der Waals surface area contributed by atoms with Crippen LogP contribution in [0.4, 0.5) is 4.39 Å². The maximum absolute atomic E-state index is 13.1. The molecule has 3 heteroatoms. The van der Waals surface area contributed by atoms with Crippen molar-refractivity contribution >= 4 is 15.9 Å². The molecule has 0 saturated carbocycles. The molecule has 1 nitrogen and oxygen atoms in total. The molecule has 1 aromatic rings. The summed E-state index contributed by atoms with van der Waals surface area (Å²) in [6.07, 6.45) is 3.71. The molecule has 0 radical (unpaired) electrons. The highest BCUT2D eigenvalue weighted by molar-refractivity contribution is 9.10. The van der Waals surface area contributed by atoms with Crippen molar-refractivity contribution in [1.29, 1.82) is 0 Å². The monoisotopic (exact) mass is 329 g/mol. The molecule has 0 spiro atoms. The van der Waals surface area contributed by atoms with E-state index >= 15 is 0 Å². The van der Waals surface area contributed by atoms with Crippen LogP contribution in [-0.2, 0) is 0 Å². The van der Waals surface area contributed by atoms with Crippen LogP contribution in [0.1, 0.15) is 58.6 Å². The lowest BCUT2D eigenvalue weighted by Crippen LogP contribution is -2.29. The van der Waals surface area contributed by atoms with Crippen molar-refractivity contribution in [3.05, 3.63) is 34.1 Å². The van der Waals surface area contributed by atoms with Crippen molar-refractivity contribution in [2.45, 2.75) is 59.0 Å². The van der Waals surface area contributed by atoms with Gasteiger partial charge in [0.15, 0.2) is 0 Å². The summed E-state index contributed by atoms with van der Waals surface area (Å²) in [5.41, 5.74) is 1.11. The van der Waals surface area contributed by atoms with Gasteiger partial charge >= 0.3 is 0 Å². The maximum atomic E-state index is 13.1. The molecule has 108 valence electrons.